The molecule has 0 aliphatic heterocycles. The molecular formula is C18H19NO4. The van der Waals surface area contributed by atoms with E-state index < -0.39 is 5.97 Å². The molecule has 0 radical (unpaired) electrons. The molecule has 120 valence electrons. The number of carbonyl (C=O) groups excluding carboxylic acids is 2. The minimum absolute atomic E-state index is 0.0821. The summed E-state index contributed by atoms with van der Waals surface area (Å²) in [5.41, 5.74) is 2.98. The van der Waals surface area contributed by atoms with E-state index in [4.69, 9.17) is 4.74 Å². The molecule has 0 heterocycles. The molecule has 0 spiro atoms. The van der Waals surface area contributed by atoms with E-state index in [2.05, 4.69) is 10.1 Å². The molecular weight excluding hydrogens is 294 g/mol. The van der Waals surface area contributed by atoms with E-state index in [1.54, 1.807) is 18.2 Å². The first-order chi connectivity index (χ1) is 11.0. The number of carbonyl (C=O) groups is 2. The molecule has 0 saturated carbocycles. The Morgan fingerprint density at radius 1 is 1.04 bits per heavy atom. The number of ether oxygens (including phenoxy) is 2. The molecule has 1 amide bonds. The average Bonchev–Trinajstić information content (AvgIpc) is 2.55. The molecule has 0 fully saturated rings. The normalized spacial score (nSPS) is 10.0. The van der Waals surface area contributed by atoms with Gasteiger partial charge in [-0.15, -0.1) is 0 Å². The number of hydrogen-bond donors (Lipinski definition) is 1. The van der Waals surface area contributed by atoms with E-state index in [9.17, 15) is 9.59 Å². The molecule has 0 aliphatic carbocycles. The van der Waals surface area contributed by atoms with E-state index >= 15 is 0 Å². The lowest BCUT2D eigenvalue weighted by Crippen LogP contribution is -2.20. The third-order valence-corrected chi connectivity index (χ3v) is 3.31. The molecule has 1 N–H and O–H groups in total. The summed E-state index contributed by atoms with van der Waals surface area (Å²) >= 11 is 0. The minimum Gasteiger partial charge on any atom is -0.484 e. The van der Waals surface area contributed by atoms with Crippen molar-refractivity contribution < 1.29 is 19.1 Å². The van der Waals surface area contributed by atoms with Crippen LogP contribution in [0.5, 0.6) is 5.75 Å². The van der Waals surface area contributed by atoms with Crippen molar-refractivity contribution in [3.63, 3.8) is 0 Å². The van der Waals surface area contributed by atoms with Gasteiger partial charge in [0.05, 0.1) is 12.7 Å². The first kappa shape index (κ1) is 16.5. The summed E-state index contributed by atoms with van der Waals surface area (Å²) in [6.07, 6.45) is 0. The van der Waals surface area contributed by atoms with Gasteiger partial charge in [0.1, 0.15) is 5.75 Å². The Bertz CT molecular complexity index is 707. The molecule has 5 heteroatoms. The number of rotatable bonds is 5. The van der Waals surface area contributed by atoms with Crippen molar-refractivity contribution in [2.75, 3.05) is 19.0 Å². The fourth-order valence-corrected chi connectivity index (χ4v) is 2.02. The summed E-state index contributed by atoms with van der Waals surface area (Å²) in [5.74, 6) is -0.0308. The molecule has 0 atom stereocenters. The van der Waals surface area contributed by atoms with Crippen LogP contribution in [0.3, 0.4) is 0 Å². The molecule has 5 nitrogen and oxygen atoms in total. The number of hydrogen-bond acceptors (Lipinski definition) is 4. The molecule has 2 aromatic carbocycles. The number of anilines is 1. The number of nitrogens with one attached hydrogen (secondary N) is 1. The van der Waals surface area contributed by atoms with Crippen molar-refractivity contribution in [2.24, 2.45) is 0 Å². The van der Waals surface area contributed by atoms with E-state index in [1.165, 1.54) is 7.11 Å². The molecule has 2 rings (SSSR count). The molecule has 0 aliphatic rings. The van der Waals surface area contributed by atoms with Gasteiger partial charge in [-0.2, -0.15) is 0 Å². The summed E-state index contributed by atoms with van der Waals surface area (Å²) in [7, 11) is 1.33. The van der Waals surface area contributed by atoms with Crippen LogP contribution in [0.15, 0.2) is 42.5 Å². The predicted molar refractivity (Wildman–Crippen MR) is 87.8 cm³/mol. The SMILES string of the molecule is COC(=O)c1ccc(NC(=O)COc2ccc(C)cc2)c(C)c1. The van der Waals surface area contributed by atoms with E-state index in [0.29, 0.717) is 17.0 Å². The molecule has 0 unspecified atom stereocenters. The molecule has 0 saturated heterocycles. The van der Waals surface area contributed by atoms with Gasteiger partial charge in [0, 0.05) is 5.69 Å². The van der Waals surface area contributed by atoms with Gasteiger partial charge in [-0.1, -0.05) is 17.7 Å². The van der Waals surface area contributed by atoms with Gasteiger partial charge in [-0.05, 0) is 49.7 Å². The highest BCUT2D eigenvalue weighted by Crippen LogP contribution is 2.17. The molecule has 0 bridgehead atoms. The van der Waals surface area contributed by atoms with Gasteiger partial charge >= 0.3 is 5.97 Å². The van der Waals surface area contributed by atoms with Crippen molar-refractivity contribution in [3.05, 3.63) is 59.2 Å². The third kappa shape index (κ3) is 4.57. The Labute approximate surface area is 135 Å². The minimum atomic E-state index is -0.409. The van der Waals surface area contributed by atoms with Crippen molar-refractivity contribution in [3.8, 4) is 5.75 Å². The Hall–Kier alpha value is -2.82. The van der Waals surface area contributed by atoms with Gasteiger partial charge in [0.15, 0.2) is 6.61 Å². The lowest BCUT2D eigenvalue weighted by molar-refractivity contribution is -0.118. The maximum absolute atomic E-state index is 12.0. The number of esters is 1. The van der Waals surface area contributed by atoms with Crippen LogP contribution < -0.4 is 10.1 Å². The third-order valence-electron chi connectivity index (χ3n) is 3.31. The average molecular weight is 313 g/mol. The van der Waals surface area contributed by atoms with Gasteiger partial charge in [-0.25, -0.2) is 4.79 Å². The summed E-state index contributed by atoms with van der Waals surface area (Å²) in [6, 6.07) is 12.4. The van der Waals surface area contributed by atoms with Crippen LogP contribution in [0, 0.1) is 13.8 Å². The highest BCUT2D eigenvalue weighted by Gasteiger charge is 2.10. The summed E-state index contributed by atoms with van der Waals surface area (Å²) in [5, 5.41) is 2.76. The second kappa shape index (κ2) is 7.45. The van der Waals surface area contributed by atoms with Crippen LogP contribution in [-0.4, -0.2) is 25.6 Å². The lowest BCUT2D eigenvalue weighted by Gasteiger charge is -2.10. The second-order valence-corrected chi connectivity index (χ2v) is 5.17. The van der Waals surface area contributed by atoms with Crippen molar-refractivity contribution in [1.82, 2.24) is 0 Å². The quantitative estimate of drug-likeness (QED) is 0.861. The van der Waals surface area contributed by atoms with Crippen molar-refractivity contribution in [1.29, 1.82) is 0 Å². The highest BCUT2D eigenvalue weighted by atomic mass is 16.5. The Morgan fingerprint density at radius 2 is 1.74 bits per heavy atom. The zero-order valence-corrected chi connectivity index (χ0v) is 13.4. The monoisotopic (exact) mass is 313 g/mol. The van der Waals surface area contributed by atoms with E-state index in [0.717, 1.165) is 11.1 Å². The van der Waals surface area contributed by atoms with Gasteiger partial charge < -0.3 is 14.8 Å². The molecule has 0 aromatic heterocycles. The van der Waals surface area contributed by atoms with Crippen LogP contribution in [0.1, 0.15) is 21.5 Å². The first-order valence-electron chi connectivity index (χ1n) is 7.18. The Balaban J connectivity index is 1.94. The number of benzene rings is 2. The Kier molecular flexibility index (Phi) is 5.36. The first-order valence-corrected chi connectivity index (χ1v) is 7.18. The van der Waals surface area contributed by atoms with Crippen LogP contribution in [0.25, 0.3) is 0 Å². The largest absolute Gasteiger partial charge is 0.484 e. The maximum Gasteiger partial charge on any atom is 0.337 e. The predicted octanol–water partition coefficient (Wildman–Crippen LogP) is 3.11. The maximum atomic E-state index is 12.0. The van der Waals surface area contributed by atoms with Gasteiger partial charge in [0.2, 0.25) is 0 Å². The van der Waals surface area contributed by atoms with Gasteiger partial charge in [0.25, 0.3) is 5.91 Å². The molecule has 23 heavy (non-hydrogen) atoms. The fraction of sp³-hybridized carbons (Fsp3) is 0.222. The van der Waals surface area contributed by atoms with Crippen molar-refractivity contribution in [2.45, 2.75) is 13.8 Å². The second-order valence-electron chi connectivity index (χ2n) is 5.17. The molecule has 2 aromatic rings. The van der Waals surface area contributed by atoms with E-state index in [-0.39, 0.29) is 12.5 Å². The zero-order chi connectivity index (χ0) is 16.8. The standard InChI is InChI=1S/C18H19NO4/c1-12-4-7-15(8-5-12)23-11-17(20)19-16-9-6-14(10-13(16)2)18(21)22-3/h4-10H,11H2,1-3H3,(H,19,20). The summed E-state index contributed by atoms with van der Waals surface area (Å²) < 4.78 is 10.1. The number of aryl methyl sites for hydroxylation is 2. The summed E-state index contributed by atoms with van der Waals surface area (Å²) in [4.78, 5) is 23.4. The fourth-order valence-electron chi connectivity index (χ4n) is 2.02. The number of amides is 1. The number of methoxy groups -OCH3 is 1. The lowest BCUT2D eigenvalue weighted by atomic mass is 10.1. The summed E-state index contributed by atoms with van der Waals surface area (Å²) in [6.45, 7) is 3.71. The highest BCUT2D eigenvalue weighted by molar-refractivity contribution is 5.94. The Morgan fingerprint density at radius 3 is 2.35 bits per heavy atom. The smallest absolute Gasteiger partial charge is 0.337 e. The van der Waals surface area contributed by atoms with Crippen LogP contribution in [-0.2, 0) is 9.53 Å². The van der Waals surface area contributed by atoms with Crippen LogP contribution in [0.4, 0.5) is 5.69 Å². The van der Waals surface area contributed by atoms with Crippen LogP contribution in [0.2, 0.25) is 0 Å². The zero-order valence-electron chi connectivity index (χ0n) is 13.4. The van der Waals surface area contributed by atoms with Gasteiger partial charge in [-0.3, -0.25) is 4.79 Å². The van der Waals surface area contributed by atoms with Crippen LogP contribution >= 0.6 is 0 Å². The van der Waals surface area contributed by atoms with E-state index in [1.807, 2.05) is 38.1 Å². The topological polar surface area (TPSA) is 64.6 Å². The van der Waals surface area contributed by atoms with Crippen molar-refractivity contribution >= 4 is 17.6 Å².